The second-order valence-corrected chi connectivity index (χ2v) is 8.46. The van der Waals surface area contributed by atoms with Crippen LogP contribution in [0.4, 0.5) is 4.39 Å². The van der Waals surface area contributed by atoms with E-state index < -0.39 is 27.4 Å². The van der Waals surface area contributed by atoms with Gasteiger partial charge in [-0.1, -0.05) is 12.1 Å². The molecule has 8 heteroatoms. The maximum Gasteiger partial charge on any atom is 0.338 e. The van der Waals surface area contributed by atoms with Crippen LogP contribution in [0.25, 0.3) is 0 Å². The van der Waals surface area contributed by atoms with Crippen molar-refractivity contribution in [3.8, 4) is 5.75 Å². The molecule has 0 aliphatic carbocycles. The normalized spacial score (nSPS) is 13.9. The van der Waals surface area contributed by atoms with E-state index in [1.54, 1.807) is 6.07 Å². The molecule has 3 aromatic rings. The lowest BCUT2D eigenvalue weighted by Gasteiger charge is -2.19. The standard InChI is InChI=1S/C22H15FO6S/c1-28-18-9-7-15(23)10-14(18)12-29-22(25)13-6-8-17-20(11-13)30(26,27)19-5-3-2-4-16(19)21(17)24/h2-11H,12H2,1H3. The molecule has 3 aromatic carbocycles. The molecule has 0 unspecified atom stereocenters. The molecular formula is C22H15FO6S. The van der Waals surface area contributed by atoms with Gasteiger partial charge in [0, 0.05) is 16.7 Å². The smallest absolute Gasteiger partial charge is 0.338 e. The van der Waals surface area contributed by atoms with E-state index in [2.05, 4.69) is 0 Å². The van der Waals surface area contributed by atoms with Crippen molar-refractivity contribution in [2.24, 2.45) is 0 Å². The molecule has 1 heterocycles. The number of hydrogen-bond acceptors (Lipinski definition) is 6. The molecule has 0 radical (unpaired) electrons. The van der Waals surface area contributed by atoms with Crippen molar-refractivity contribution in [3.05, 3.63) is 88.7 Å². The van der Waals surface area contributed by atoms with E-state index >= 15 is 0 Å². The van der Waals surface area contributed by atoms with E-state index in [9.17, 15) is 22.4 Å². The first-order chi connectivity index (χ1) is 14.3. The van der Waals surface area contributed by atoms with Crippen molar-refractivity contribution < 1.29 is 31.9 Å². The molecule has 0 amide bonds. The maximum absolute atomic E-state index is 13.5. The van der Waals surface area contributed by atoms with Gasteiger partial charge in [-0.3, -0.25) is 4.79 Å². The molecule has 0 fully saturated rings. The molecule has 4 rings (SSSR count). The Hall–Kier alpha value is -3.52. The summed E-state index contributed by atoms with van der Waals surface area (Å²) in [5.74, 6) is -1.41. The van der Waals surface area contributed by atoms with Crippen LogP contribution in [0.3, 0.4) is 0 Å². The topological polar surface area (TPSA) is 86.7 Å². The summed E-state index contributed by atoms with van der Waals surface area (Å²) in [6.07, 6.45) is 0. The van der Waals surface area contributed by atoms with E-state index in [4.69, 9.17) is 9.47 Å². The quantitative estimate of drug-likeness (QED) is 0.464. The Bertz CT molecular complexity index is 1300. The van der Waals surface area contributed by atoms with Crippen LogP contribution in [0.5, 0.6) is 5.75 Å². The summed E-state index contributed by atoms with van der Waals surface area (Å²) in [4.78, 5) is 24.8. The van der Waals surface area contributed by atoms with Gasteiger partial charge in [0.1, 0.15) is 18.2 Å². The fourth-order valence-electron chi connectivity index (χ4n) is 3.30. The third-order valence-electron chi connectivity index (χ3n) is 4.77. The van der Waals surface area contributed by atoms with Crippen molar-refractivity contribution >= 4 is 21.6 Å². The van der Waals surface area contributed by atoms with Crippen molar-refractivity contribution in [2.45, 2.75) is 16.4 Å². The minimum Gasteiger partial charge on any atom is -0.496 e. The van der Waals surface area contributed by atoms with Gasteiger partial charge in [-0.25, -0.2) is 17.6 Å². The highest BCUT2D eigenvalue weighted by Gasteiger charge is 2.35. The first kappa shape index (κ1) is 19.8. The molecule has 152 valence electrons. The summed E-state index contributed by atoms with van der Waals surface area (Å²) in [7, 11) is -2.57. The lowest BCUT2D eigenvalue weighted by atomic mass is 10.0. The van der Waals surface area contributed by atoms with Crippen LogP contribution in [-0.4, -0.2) is 27.3 Å². The van der Waals surface area contributed by atoms with Gasteiger partial charge < -0.3 is 9.47 Å². The van der Waals surface area contributed by atoms with Crippen LogP contribution < -0.4 is 4.74 Å². The number of esters is 1. The number of rotatable bonds is 4. The highest BCUT2D eigenvalue weighted by molar-refractivity contribution is 7.91. The average molecular weight is 426 g/mol. The zero-order valence-electron chi connectivity index (χ0n) is 15.7. The predicted octanol–water partition coefficient (Wildman–Crippen LogP) is 3.57. The van der Waals surface area contributed by atoms with E-state index in [0.29, 0.717) is 11.3 Å². The number of fused-ring (bicyclic) bond motifs is 2. The number of sulfone groups is 1. The highest BCUT2D eigenvalue weighted by atomic mass is 32.2. The Kier molecular flexibility index (Phi) is 4.87. The molecule has 0 atom stereocenters. The molecule has 30 heavy (non-hydrogen) atoms. The van der Waals surface area contributed by atoms with E-state index in [0.717, 1.165) is 6.07 Å². The van der Waals surface area contributed by atoms with Crippen molar-refractivity contribution in [1.82, 2.24) is 0 Å². The van der Waals surface area contributed by atoms with Crippen LogP contribution >= 0.6 is 0 Å². The van der Waals surface area contributed by atoms with Gasteiger partial charge in [0.25, 0.3) is 0 Å². The molecule has 0 aromatic heterocycles. The zero-order valence-corrected chi connectivity index (χ0v) is 16.5. The van der Waals surface area contributed by atoms with Gasteiger partial charge in [0.2, 0.25) is 9.84 Å². The summed E-state index contributed by atoms with van der Waals surface area (Å²) in [6.45, 7) is -0.272. The van der Waals surface area contributed by atoms with E-state index in [1.807, 2.05) is 0 Å². The van der Waals surface area contributed by atoms with Crippen LogP contribution in [0.1, 0.15) is 31.8 Å². The maximum atomic E-state index is 13.5. The van der Waals surface area contributed by atoms with E-state index in [1.165, 1.54) is 55.6 Å². The van der Waals surface area contributed by atoms with Gasteiger partial charge >= 0.3 is 5.97 Å². The van der Waals surface area contributed by atoms with Crippen LogP contribution in [0.2, 0.25) is 0 Å². The lowest BCUT2D eigenvalue weighted by Crippen LogP contribution is -2.21. The Morgan fingerprint density at radius 1 is 0.967 bits per heavy atom. The number of ether oxygens (including phenoxy) is 2. The molecule has 1 aliphatic rings. The Morgan fingerprint density at radius 2 is 1.70 bits per heavy atom. The Morgan fingerprint density at radius 3 is 2.47 bits per heavy atom. The lowest BCUT2D eigenvalue weighted by molar-refractivity contribution is 0.0469. The molecule has 1 aliphatic heterocycles. The highest BCUT2D eigenvalue weighted by Crippen LogP contribution is 2.35. The van der Waals surface area contributed by atoms with Crippen LogP contribution in [0.15, 0.2) is 70.5 Å². The van der Waals surface area contributed by atoms with Crippen LogP contribution in [0, 0.1) is 5.82 Å². The van der Waals surface area contributed by atoms with Gasteiger partial charge in [0.05, 0.1) is 22.5 Å². The number of methoxy groups -OCH3 is 1. The fourth-order valence-corrected chi connectivity index (χ4v) is 4.98. The van der Waals surface area contributed by atoms with E-state index in [-0.39, 0.29) is 33.1 Å². The molecule has 6 nitrogen and oxygen atoms in total. The first-order valence-electron chi connectivity index (χ1n) is 8.85. The van der Waals surface area contributed by atoms with Gasteiger partial charge in [-0.15, -0.1) is 0 Å². The fraction of sp³-hybridized carbons (Fsp3) is 0.0909. The largest absolute Gasteiger partial charge is 0.496 e. The van der Waals surface area contributed by atoms with Crippen molar-refractivity contribution in [3.63, 3.8) is 0 Å². The molecule has 0 N–H and O–H groups in total. The summed E-state index contributed by atoms with van der Waals surface area (Å²) >= 11 is 0. The summed E-state index contributed by atoms with van der Waals surface area (Å²) in [5.41, 5.74) is 0.371. The van der Waals surface area contributed by atoms with Gasteiger partial charge in [0.15, 0.2) is 5.78 Å². The molecular weight excluding hydrogens is 411 g/mol. The summed E-state index contributed by atoms with van der Waals surface area (Å²) < 4.78 is 49.7. The monoisotopic (exact) mass is 426 g/mol. The molecule has 0 bridgehead atoms. The number of hydrogen-bond donors (Lipinski definition) is 0. The number of ketones is 1. The second-order valence-electron chi connectivity index (χ2n) is 6.57. The average Bonchev–Trinajstić information content (AvgIpc) is 2.76. The number of carbonyl (C=O) groups excluding carboxylic acids is 2. The zero-order chi connectivity index (χ0) is 21.5. The first-order valence-corrected chi connectivity index (χ1v) is 10.3. The van der Waals surface area contributed by atoms with Crippen molar-refractivity contribution in [2.75, 3.05) is 7.11 Å². The predicted molar refractivity (Wildman–Crippen MR) is 104 cm³/mol. The van der Waals surface area contributed by atoms with Gasteiger partial charge in [-0.2, -0.15) is 0 Å². The second kappa shape index (κ2) is 7.38. The third-order valence-corrected chi connectivity index (χ3v) is 6.63. The SMILES string of the molecule is COc1ccc(F)cc1COC(=O)c1ccc2c(c1)S(=O)(=O)c1ccccc1C2=O. The summed E-state index contributed by atoms with van der Waals surface area (Å²) in [6, 6.07) is 13.5. The minimum atomic E-state index is -3.97. The van der Waals surface area contributed by atoms with Gasteiger partial charge in [-0.05, 0) is 48.5 Å². The number of benzene rings is 3. The Labute approximate surface area is 171 Å². The number of halogens is 1. The van der Waals surface area contributed by atoms with Crippen molar-refractivity contribution in [1.29, 1.82) is 0 Å². The third kappa shape index (κ3) is 3.25. The number of carbonyl (C=O) groups is 2. The minimum absolute atomic E-state index is 0.00273. The molecule has 0 spiro atoms. The summed E-state index contributed by atoms with van der Waals surface area (Å²) in [5, 5.41) is 0. The Balaban J connectivity index is 1.65. The molecule has 0 saturated carbocycles. The molecule has 0 saturated heterocycles. The van der Waals surface area contributed by atoms with Crippen LogP contribution in [-0.2, 0) is 21.2 Å².